The Hall–Kier alpha value is -1.58. The van der Waals surface area contributed by atoms with Crippen molar-refractivity contribution in [3.8, 4) is 5.69 Å². The number of rotatable bonds is 1. The molecule has 0 N–H and O–H groups in total. The van der Waals surface area contributed by atoms with Crippen molar-refractivity contribution < 1.29 is 0 Å². The van der Waals surface area contributed by atoms with Gasteiger partial charge in [-0.1, -0.05) is 29.3 Å². The Labute approximate surface area is 108 Å². The third-order valence-corrected chi connectivity index (χ3v) is 2.85. The van der Waals surface area contributed by atoms with Gasteiger partial charge in [-0.05, 0) is 36.4 Å². The summed E-state index contributed by atoms with van der Waals surface area (Å²) in [6.07, 6.45) is 0. The minimum absolute atomic E-state index is 0.649. The van der Waals surface area contributed by atoms with E-state index < -0.39 is 0 Å². The molecule has 0 spiro atoms. The van der Waals surface area contributed by atoms with E-state index in [0.29, 0.717) is 10.0 Å². The first-order valence-corrected chi connectivity index (χ1v) is 5.76. The summed E-state index contributed by atoms with van der Waals surface area (Å²) in [5, 5.41) is 10.0. The average Bonchev–Trinajstić information content (AvgIpc) is 2.72. The summed E-state index contributed by atoms with van der Waals surface area (Å²) < 4.78 is 0. The van der Waals surface area contributed by atoms with Gasteiger partial charge < -0.3 is 0 Å². The SMILES string of the molecule is Clc1cccc(-n2nc3ccc(Cl)cc3n2)c1. The number of hydrogen-bond acceptors (Lipinski definition) is 2. The summed E-state index contributed by atoms with van der Waals surface area (Å²) in [4.78, 5) is 1.55. The Balaban J connectivity index is 2.18. The largest absolute Gasteiger partial charge is 0.150 e. The summed E-state index contributed by atoms with van der Waals surface area (Å²) in [6.45, 7) is 0. The second-order valence-corrected chi connectivity index (χ2v) is 4.48. The van der Waals surface area contributed by atoms with Crippen LogP contribution in [0.5, 0.6) is 0 Å². The zero-order chi connectivity index (χ0) is 11.8. The fourth-order valence-electron chi connectivity index (χ4n) is 1.60. The maximum atomic E-state index is 5.93. The molecule has 1 heterocycles. The van der Waals surface area contributed by atoms with E-state index in [2.05, 4.69) is 10.2 Å². The highest BCUT2D eigenvalue weighted by Gasteiger charge is 2.05. The molecule has 0 atom stereocenters. The summed E-state index contributed by atoms with van der Waals surface area (Å²) in [5.41, 5.74) is 2.39. The Bertz CT molecular complexity index is 691. The molecule has 0 bridgehead atoms. The molecule has 0 radical (unpaired) electrons. The highest BCUT2D eigenvalue weighted by atomic mass is 35.5. The molecule has 3 aromatic rings. The molecular weight excluding hydrogens is 257 g/mol. The molecule has 3 rings (SSSR count). The highest BCUT2D eigenvalue weighted by molar-refractivity contribution is 6.31. The molecule has 0 aliphatic rings. The monoisotopic (exact) mass is 263 g/mol. The zero-order valence-corrected chi connectivity index (χ0v) is 10.2. The number of benzene rings is 2. The standard InChI is InChI=1S/C12H7Cl2N3/c13-8-2-1-3-10(6-8)17-15-11-5-4-9(14)7-12(11)16-17/h1-7H. The lowest BCUT2D eigenvalue weighted by Gasteiger charge is -1.98. The second kappa shape index (κ2) is 4.02. The van der Waals surface area contributed by atoms with Gasteiger partial charge in [0.2, 0.25) is 0 Å². The van der Waals surface area contributed by atoms with Gasteiger partial charge in [0, 0.05) is 10.0 Å². The first-order chi connectivity index (χ1) is 8.22. The van der Waals surface area contributed by atoms with E-state index in [1.165, 1.54) is 0 Å². The van der Waals surface area contributed by atoms with Gasteiger partial charge in [0.05, 0.1) is 5.69 Å². The molecule has 5 heteroatoms. The lowest BCUT2D eigenvalue weighted by Crippen LogP contribution is -1.97. The third-order valence-electron chi connectivity index (χ3n) is 2.38. The molecule has 0 saturated heterocycles. The molecule has 0 amide bonds. The summed E-state index contributed by atoms with van der Waals surface area (Å²) >= 11 is 11.8. The molecular formula is C12H7Cl2N3. The average molecular weight is 264 g/mol. The Morgan fingerprint density at radius 2 is 1.59 bits per heavy atom. The number of halogens is 2. The third kappa shape index (κ3) is 1.99. The predicted octanol–water partition coefficient (Wildman–Crippen LogP) is 3.73. The summed E-state index contributed by atoms with van der Waals surface area (Å²) in [6, 6.07) is 12.8. The minimum Gasteiger partial charge on any atom is -0.150 e. The van der Waals surface area contributed by atoms with E-state index in [1.807, 2.05) is 30.3 Å². The first-order valence-electron chi connectivity index (χ1n) is 5.01. The van der Waals surface area contributed by atoms with Crippen LogP contribution in [0.4, 0.5) is 0 Å². The van der Waals surface area contributed by atoms with Gasteiger partial charge in [-0.15, -0.1) is 10.2 Å². The molecule has 2 aromatic carbocycles. The quantitative estimate of drug-likeness (QED) is 0.670. The number of aromatic nitrogens is 3. The van der Waals surface area contributed by atoms with Crippen LogP contribution in [0.15, 0.2) is 42.5 Å². The minimum atomic E-state index is 0.649. The fourth-order valence-corrected chi connectivity index (χ4v) is 1.95. The first kappa shape index (κ1) is 10.6. The van der Waals surface area contributed by atoms with E-state index in [9.17, 15) is 0 Å². The van der Waals surface area contributed by atoms with Crippen molar-refractivity contribution in [1.29, 1.82) is 0 Å². The van der Waals surface area contributed by atoms with Crippen LogP contribution in [-0.2, 0) is 0 Å². The molecule has 0 saturated carbocycles. The summed E-state index contributed by atoms with van der Waals surface area (Å²) in [5.74, 6) is 0. The van der Waals surface area contributed by atoms with Crippen molar-refractivity contribution in [3.05, 3.63) is 52.5 Å². The van der Waals surface area contributed by atoms with Crippen LogP contribution in [0.2, 0.25) is 10.0 Å². The maximum Gasteiger partial charge on any atom is 0.115 e. The van der Waals surface area contributed by atoms with Crippen molar-refractivity contribution in [1.82, 2.24) is 15.0 Å². The van der Waals surface area contributed by atoms with Crippen molar-refractivity contribution in [2.24, 2.45) is 0 Å². The van der Waals surface area contributed by atoms with Gasteiger partial charge in [0.15, 0.2) is 0 Å². The van der Waals surface area contributed by atoms with E-state index in [0.717, 1.165) is 16.7 Å². The van der Waals surface area contributed by atoms with Gasteiger partial charge in [-0.2, -0.15) is 4.80 Å². The van der Waals surface area contributed by atoms with Crippen LogP contribution >= 0.6 is 23.2 Å². The molecule has 3 nitrogen and oxygen atoms in total. The fraction of sp³-hybridized carbons (Fsp3) is 0. The number of nitrogens with zero attached hydrogens (tertiary/aromatic N) is 3. The molecule has 1 aromatic heterocycles. The van der Waals surface area contributed by atoms with Crippen LogP contribution < -0.4 is 0 Å². The van der Waals surface area contributed by atoms with Crippen molar-refractivity contribution >= 4 is 34.2 Å². The number of fused-ring (bicyclic) bond motifs is 1. The highest BCUT2D eigenvalue weighted by Crippen LogP contribution is 2.18. The molecule has 0 aliphatic heterocycles. The zero-order valence-electron chi connectivity index (χ0n) is 8.64. The van der Waals surface area contributed by atoms with Gasteiger partial charge in [-0.3, -0.25) is 0 Å². The van der Waals surface area contributed by atoms with Crippen LogP contribution in [0, 0.1) is 0 Å². The van der Waals surface area contributed by atoms with Gasteiger partial charge in [0.25, 0.3) is 0 Å². The Morgan fingerprint density at radius 3 is 2.41 bits per heavy atom. The molecule has 84 valence electrons. The van der Waals surface area contributed by atoms with Crippen molar-refractivity contribution in [2.75, 3.05) is 0 Å². The van der Waals surface area contributed by atoms with E-state index in [1.54, 1.807) is 16.9 Å². The molecule has 0 aliphatic carbocycles. The number of hydrogen-bond donors (Lipinski definition) is 0. The lowest BCUT2D eigenvalue weighted by molar-refractivity contribution is 0.766. The molecule has 17 heavy (non-hydrogen) atoms. The van der Waals surface area contributed by atoms with Crippen LogP contribution in [0.25, 0.3) is 16.7 Å². The second-order valence-electron chi connectivity index (χ2n) is 3.60. The van der Waals surface area contributed by atoms with Crippen LogP contribution in [-0.4, -0.2) is 15.0 Å². The molecule has 0 fully saturated rings. The predicted molar refractivity (Wildman–Crippen MR) is 68.9 cm³/mol. The van der Waals surface area contributed by atoms with E-state index in [4.69, 9.17) is 23.2 Å². The smallest absolute Gasteiger partial charge is 0.115 e. The van der Waals surface area contributed by atoms with Crippen molar-refractivity contribution in [2.45, 2.75) is 0 Å². The normalized spacial score (nSPS) is 10.9. The van der Waals surface area contributed by atoms with E-state index in [-0.39, 0.29) is 0 Å². The maximum absolute atomic E-state index is 5.93. The lowest BCUT2D eigenvalue weighted by atomic mass is 10.3. The van der Waals surface area contributed by atoms with Crippen molar-refractivity contribution in [3.63, 3.8) is 0 Å². The van der Waals surface area contributed by atoms with Gasteiger partial charge in [-0.25, -0.2) is 0 Å². The van der Waals surface area contributed by atoms with Crippen LogP contribution in [0.1, 0.15) is 0 Å². The Kier molecular flexibility index (Phi) is 2.50. The van der Waals surface area contributed by atoms with Gasteiger partial charge in [0.1, 0.15) is 11.0 Å². The molecule has 0 unspecified atom stereocenters. The topological polar surface area (TPSA) is 30.7 Å². The van der Waals surface area contributed by atoms with E-state index >= 15 is 0 Å². The summed E-state index contributed by atoms with van der Waals surface area (Å²) in [7, 11) is 0. The Morgan fingerprint density at radius 1 is 0.824 bits per heavy atom. The van der Waals surface area contributed by atoms with Gasteiger partial charge >= 0.3 is 0 Å². The van der Waals surface area contributed by atoms with Crippen LogP contribution in [0.3, 0.4) is 0 Å².